The average molecular weight is 790 g/mol. The molecule has 4 fully saturated rings. The molecule has 0 aliphatic carbocycles. The number of nitrogens with two attached hydrogens (primary N) is 1. The Kier molecular flexibility index (Phi) is 19.1. The fourth-order valence-electron chi connectivity index (χ4n) is 5.15. The minimum Gasteiger partial charge on any atom is -0.384 e. The van der Waals surface area contributed by atoms with E-state index in [9.17, 15) is 20.2 Å². The van der Waals surface area contributed by atoms with Crippen molar-refractivity contribution in [3.63, 3.8) is 0 Å². The van der Waals surface area contributed by atoms with Crippen LogP contribution in [0.1, 0.15) is 12.8 Å². The lowest BCUT2D eigenvalue weighted by molar-refractivity contribution is -0.389. The Morgan fingerprint density at radius 2 is 1.10 bits per heavy atom. The molecule has 4 aliphatic rings. The first-order valence-corrected chi connectivity index (χ1v) is 18.2. The number of halogens is 1. The number of aromatic nitrogens is 3. The van der Waals surface area contributed by atoms with Crippen molar-refractivity contribution in [2.75, 3.05) is 128 Å². The monoisotopic (exact) mass is 788 g/mol. The molecule has 0 unspecified atom stereocenters. The third-order valence-electron chi connectivity index (χ3n) is 8.49. The van der Waals surface area contributed by atoms with E-state index in [0.29, 0.717) is 5.82 Å². The highest BCUT2D eigenvalue weighted by molar-refractivity contribution is 9.10. The molecule has 17 nitrogen and oxygen atoms in total. The van der Waals surface area contributed by atoms with Gasteiger partial charge in [-0.25, -0.2) is 4.98 Å². The van der Waals surface area contributed by atoms with Crippen molar-refractivity contribution in [1.82, 2.24) is 35.0 Å². The Morgan fingerprint density at radius 3 is 1.42 bits per heavy atom. The zero-order chi connectivity index (χ0) is 37.7. The normalized spacial score (nSPS) is 17.8. The maximum absolute atomic E-state index is 10.5. The van der Waals surface area contributed by atoms with Crippen LogP contribution in [0.2, 0.25) is 0 Å². The average Bonchev–Trinajstić information content (AvgIpc) is 3.75. The Bertz CT molecular complexity index is 1420. The zero-order valence-corrected chi connectivity index (χ0v) is 32.1. The molecule has 3 aromatic heterocycles. The van der Waals surface area contributed by atoms with Gasteiger partial charge < -0.3 is 60.5 Å². The fourth-order valence-corrected chi connectivity index (χ4v) is 5.38. The van der Waals surface area contributed by atoms with Gasteiger partial charge >= 0.3 is 11.6 Å². The summed E-state index contributed by atoms with van der Waals surface area (Å²) in [4.78, 5) is 42.4. The van der Waals surface area contributed by atoms with Crippen molar-refractivity contribution in [3.05, 3.63) is 79.7 Å². The number of nitrogen functional groups attached to an aromatic ring is 1. The first kappa shape index (κ1) is 42.3. The second kappa shape index (κ2) is 23.5. The molecule has 4 saturated heterocycles. The highest BCUT2D eigenvalue weighted by Crippen LogP contribution is 2.18. The van der Waals surface area contributed by atoms with Gasteiger partial charge in [-0.2, -0.15) is 0 Å². The number of rotatable bonds is 4. The lowest BCUT2D eigenvalue weighted by Crippen LogP contribution is -2.44. The van der Waals surface area contributed by atoms with Gasteiger partial charge in [0.25, 0.3) is 0 Å². The number of hydrogen-bond donors (Lipinski definition) is 2. The molecule has 3 N–H and O–H groups in total. The molecular formula is C34H53BrN12O5. The van der Waals surface area contributed by atoms with Gasteiger partial charge in [-0.1, -0.05) is 0 Å². The molecule has 52 heavy (non-hydrogen) atoms. The number of pyridine rings is 3. The van der Waals surface area contributed by atoms with Crippen molar-refractivity contribution < 1.29 is 14.6 Å². The van der Waals surface area contributed by atoms with E-state index in [1.165, 1.54) is 49.9 Å². The minimum atomic E-state index is -0.535. The smallest absolute Gasteiger partial charge is 0.363 e. The molecule has 7 heterocycles. The molecule has 0 saturated carbocycles. The van der Waals surface area contributed by atoms with Crippen LogP contribution in [0.25, 0.3) is 0 Å². The second-order valence-corrected chi connectivity index (χ2v) is 13.5. The standard InChI is InChI=1S/C10H14N4O2.C10H16N4.C5H3BrN2O2.C5H12N2.C4H8O/c1-12-4-6-13(7-5-12)9-2-3-10(11-8-9)14(15)16;1-13-4-6-14(7-5-13)9-2-3-10(11)12-8-9;6-4-1-2-5(7-3-4)8(9)10;1-7-4-2-6-3-5-7;1-2-4-5-3-1/h2-3,8H,4-7H2,1H3;2-3,8H,4-7H2,1H3,(H2,11,12);1-3H;6H,2-5H2,1H3;1-4H2. The summed E-state index contributed by atoms with van der Waals surface area (Å²) in [6, 6.07) is 10.0. The van der Waals surface area contributed by atoms with E-state index < -0.39 is 9.85 Å². The van der Waals surface area contributed by atoms with E-state index in [-0.39, 0.29) is 11.6 Å². The molecule has 3 aromatic rings. The Morgan fingerprint density at radius 1 is 0.654 bits per heavy atom. The van der Waals surface area contributed by atoms with Crippen LogP contribution in [0.3, 0.4) is 0 Å². The largest absolute Gasteiger partial charge is 0.384 e. The molecule has 286 valence electrons. The maximum Gasteiger partial charge on any atom is 0.363 e. The molecular weight excluding hydrogens is 736 g/mol. The summed E-state index contributed by atoms with van der Waals surface area (Å²) in [6.45, 7) is 15.0. The Labute approximate surface area is 314 Å². The van der Waals surface area contributed by atoms with Gasteiger partial charge in [-0.05, 0) is 94.0 Å². The predicted molar refractivity (Wildman–Crippen MR) is 208 cm³/mol. The Balaban J connectivity index is 0.000000185. The van der Waals surface area contributed by atoms with Gasteiger partial charge in [-0.15, -0.1) is 0 Å². The van der Waals surface area contributed by atoms with Crippen LogP contribution in [-0.2, 0) is 4.74 Å². The number of hydrogen-bond acceptors (Lipinski definition) is 15. The van der Waals surface area contributed by atoms with Crippen molar-refractivity contribution in [2.45, 2.75) is 12.8 Å². The zero-order valence-electron chi connectivity index (χ0n) is 30.5. The predicted octanol–water partition coefficient (Wildman–Crippen LogP) is 3.23. The summed E-state index contributed by atoms with van der Waals surface area (Å²) in [5.41, 5.74) is 7.67. The van der Waals surface area contributed by atoms with Gasteiger partial charge in [0.2, 0.25) is 0 Å². The van der Waals surface area contributed by atoms with E-state index in [1.807, 2.05) is 18.3 Å². The number of ether oxygens (including phenoxy) is 1. The highest BCUT2D eigenvalue weighted by atomic mass is 79.9. The topological polar surface area (TPSA) is 188 Å². The van der Waals surface area contributed by atoms with Crippen molar-refractivity contribution in [1.29, 1.82) is 0 Å². The number of likely N-dealkylation sites (N-methyl/N-ethyl adjacent to an activating group) is 3. The molecule has 0 amide bonds. The van der Waals surface area contributed by atoms with Gasteiger partial charge in [-0.3, -0.25) is 0 Å². The molecule has 0 radical (unpaired) electrons. The molecule has 0 spiro atoms. The van der Waals surface area contributed by atoms with E-state index in [1.54, 1.807) is 18.3 Å². The van der Waals surface area contributed by atoms with Crippen LogP contribution in [0.5, 0.6) is 0 Å². The summed E-state index contributed by atoms with van der Waals surface area (Å²) in [5, 5.41) is 23.8. The van der Waals surface area contributed by atoms with Crippen LogP contribution in [0, 0.1) is 20.2 Å². The van der Waals surface area contributed by atoms with E-state index in [2.05, 4.69) is 81.8 Å². The third-order valence-corrected chi connectivity index (χ3v) is 8.96. The lowest BCUT2D eigenvalue weighted by Gasteiger charge is -2.33. The van der Waals surface area contributed by atoms with Crippen LogP contribution in [0.15, 0.2) is 59.5 Å². The van der Waals surface area contributed by atoms with E-state index in [0.717, 1.165) is 88.8 Å². The number of nitro groups is 2. The first-order valence-electron chi connectivity index (χ1n) is 17.4. The molecule has 7 rings (SSSR count). The molecule has 0 aromatic carbocycles. The second-order valence-electron chi connectivity index (χ2n) is 12.6. The molecule has 0 atom stereocenters. The number of anilines is 3. The molecule has 4 aliphatic heterocycles. The number of piperazine rings is 3. The van der Waals surface area contributed by atoms with Gasteiger partial charge in [0.05, 0.1) is 22.0 Å². The van der Waals surface area contributed by atoms with Gasteiger partial charge in [0.15, 0.2) is 12.4 Å². The van der Waals surface area contributed by atoms with Crippen LogP contribution < -0.4 is 20.9 Å². The van der Waals surface area contributed by atoms with Gasteiger partial charge in [0.1, 0.15) is 5.82 Å². The fraction of sp³-hybridized carbons (Fsp3) is 0.559. The summed E-state index contributed by atoms with van der Waals surface area (Å²) in [6.07, 6.45) is 7.36. The van der Waals surface area contributed by atoms with E-state index in [4.69, 9.17) is 10.5 Å². The first-order chi connectivity index (χ1) is 25.0. The summed E-state index contributed by atoms with van der Waals surface area (Å²) >= 11 is 3.11. The van der Waals surface area contributed by atoms with Gasteiger partial charge in [0, 0.05) is 104 Å². The lowest BCUT2D eigenvalue weighted by atomic mass is 10.3. The summed E-state index contributed by atoms with van der Waals surface area (Å²) < 4.78 is 5.68. The van der Waals surface area contributed by atoms with Crippen LogP contribution in [-0.4, -0.2) is 152 Å². The van der Waals surface area contributed by atoms with Crippen LogP contribution >= 0.6 is 15.9 Å². The third kappa shape index (κ3) is 16.5. The maximum atomic E-state index is 10.5. The summed E-state index contributed by atoms with van der Waals surface area (Å²) in [5.74, 6) is 0.351. The molecule has 18 heteroatoms. The highest BCUT2D eigenvalue weighted by Gasteiger charge is 2.17. The van der Waals surface area contributed by atoms with Crippen LogP contribution in [0.4, 0.5) is 28.8 Å². The van der Waals surface area contributed by atoms with E-state index >= 15 is 0 Å². The number of nitrogens with one attached hydrogen (secondary N) is 1. The van der Waals surface area contributed by atoms with Crippen molar-refractivity contribution in [3.8, 4) is 0 Å². The van der Waals surface area contributed by atoms with Crippen molar-refractivity contribution >= 4 is 44.8 Å². The number of nitrogens with zero attached hydrogens (tertiary/aromatic N) is 10. The SMILES string of the molecule is C1CCOC1.CN1CCN(c2ccc(N)nc2)CC1.CN1CCN(c2ccc([N+](=O)[O-])nc2)CC1.CN1CCNCC1.O=[N+]([O-])c1ccc(Br)cn1. The summed E-state index contributed by atoms with van der Waals surface area (Å²) in [7, 11) is 6.39. The van der Waals surface area contributed by atoms with Crippen molar-refractivity contribution in [2.24, 2.45) is 0 Å². The quantitative estimate of drug-likeness (QED) is 0.290. The minimum absolute atomic E-state index is 0.0992. The molecule has 0 bridgehead atoms. The Hall–Kier alpha value is -4.07.